The molecule has 0 aliphatic carbocycles. The summed E-state index contributed by atoms with van der Waals surface area (Å²) in [6, 6.07) is 13.1. The van der Waals surface area contributed by atoms with E-state index < -0.39 is 5.82 Å². The highest BCUT2D eigenvalue weighted by molar-refractivity contribution is 5.97. The van der Waals surface area contributed by atoms with Crippen LogP contribution in [0.15, 0.2) is 42.5 Å². The Morgan fingerprint density at radius 1 is 1.18 bits per heavy atom. The van der Waals surface area contributed by atoms with Crippen LogP contribution in [0.4, 0.5) is 4.39 Å². The fourth-order valence-electron chi connectivity index (χ4n) is 4.50. The minimum Gasteiger partial charge on any atom is -0.497 e. The molecule has 0 fully saturated rings. The molecule has 3 heterocycles. The Kier molecular flexibility index (Phi) is 5.49. The third-order valence-corrected chi connectivity index (χ3v) is 6.33. The molecule has 0 N–H and O–H groups in total. The van der Waals surface area contributed by atoms with Gasteiger partial charge in [-0.15, -0.1) is 0 Å². The Morgan fingerprint density at radius 3 is 2.71 bits per heavy atom. The number of hydrogen-bond acceptors (Lipinski definition) is 5. The van der Waals surface area contributed by atoms with Crippen LogP contribution >= 0.6 is 0 Å². The molecule has 34 heavy (non-hydrogen) atoms. The normalized spacial score (nSPS) is 14.9. The van der Waals surface area contributed by atoms with Crippen LogP contribution in [0.2, 0.25) is 0 Å². The molecule has 3 aromatic rings. The molecule has 2 aromatic carbocycles. The maximum absolute atomic E-state index is 13.7. The average Bonchev–Trinajstić information content (AvgIpc) is 3.24. The van der Waals surface area contributed by atoms with Gasteiger partial charge in [-0.1, -0.05) is 12.1 Å². The number of ether oxygens (including phenoxy) is 1. The zero-order valence-electron chi connectivity index (χ0n) is 18.6. The van der Waals surface area contributed by atoms with Crippen molar-refractivity contribution < 1.29 is 18.7 Å². The van der Waals surface area contributed by atoms with E-state index in [1.54, 1.807) is 27.7 Å². The summed E-state index contributed by atoms with van der Waals surface area (Å²) in [5, 5.41) is 13.7. The molecule has 0 unspecified atom stereocenters. The van der Waals surface area contributed by atoms with Gasteiger partial charge in [-0.05, 0) is 35.9 Å². The smallest absolute Gasteiger partial charge is 0.272 e. The van der Waals surface area contributed by atoms with Gasteiger partial charge in [0.2, 0.25) is 0 Å². The molecule has 0 saturated heterocycles. The van der Waals surface area contributed by atoms with Gasteiger partial charge < -0.3 is 14.5 Å². The number of carbonyl (C=O) groups excluding carboxylic acids is 2. The number of hydrogen-bond donors (Lipinski definition) is 0. The van der Waals surface area contributed by atoms with Gasteiger partial charge in [0.05, 0.1) is 31.5 Å². The van der Waals surface area contributed by atoms with E-state index >= 15 is 0 Å². The fraction of sp³-hybridized carbons (Fsp3) is 0.280. The molecule has 0 radical (unpaired) electrons. The van der Waals surface area contributed by atoms with Crippen LogP contribution < -0.4 is 4.74 Å². The van der Waals surface area contributed by atoms with Crippen LogP contribution in [-0.4, -0.2) is 51.6 Å². The SMILES string of the molecule is COc1ccc(CN2CCn3nc4c(c3C2=O)CN(C(=O)c2ccc(F)c(C#N)c2)CC4)cc1. The van der Waals surface area contributed by atoms with Crippen molar-refractivity contribution in [1.82, 2.24) is 19.6 Å². The van der Waals surface area contributed by atoms with Crippen LogP contribution in [0, 0.1) is 17.1 Å². The topological polar surface area (TPSA) is 91.5 Å². The first-order chi connectivity index (χ1) is 16.5. The van der Waals surface area contributed by atoms with Gasteiger partial charge in [0.15, 0.2) is 0 Å². The number of benzene rings is 2. The predicted molar refractivity (Wildman–Crippen MR) is 120 cm³/mol. The lowest BCUT2D eigenvalue weighted by atomic mass is 10.0. The summed E-state index contributed by atoms with van der Waals surface area (Å²) in [5.74, 6) is -0.319. The largest absolute Gasteiger partial charge is 0.497 e. The van der Waals surface area contributed by atoms with Gasteiger partial charge >= 0.3 is 0 Å². The molecule has 2 amide bonds. The van der Waals surface area contributed by atoms with Crippen molar-refractivity contribution in [2.24, 2.45) is 0 Å². The number of methoxy groups -OCH3 is 1. The summed E-state index contributed by atoms with van der Waals surface area (Å²) in [6.45, 7) is 2.28. The van der Waals surface area contributed by atoms with Gasteiger partial charge in [0.25, 0.3) is 11.8 Å². The Morgan fingerprint density at radius 2 is 1.97 bits per heavy atom. The van der Waals surface area contributed by atoms with E-state index in [0.717, 1.165) is 28.6 Å². The van der Waals surface area contributed by atoms with E-state index in [2.05, 4.69) is 5.10 Å². The molecule has 9 heteroatoms. The maximum atomic E-state index is 13.7. The van der Waals surface area contributed by atoms with E-state index in [9.17, 15) is 14.0 Å². The van der Waals surface area contributed by atoms with Gasteiger partial charge in [-0.25, -0.2) is 4.39 Å². The highest BCUT2D eigenvalue weighted by Crippen LogP contribution is 2.28. The van der Waals surface area contributed by atoms with Gasteiger partial charge in [0, 0.05) is 37.2 Å². The number of aromatic nitrogens is 2. The van der Waals surface area contributed by atoms with Crippen molar-refractivity contribution in [3.05, 3.63) is 81.9 Å². The van der Waals surface area contributed by atoms with Gasteiger partial charge in [-0.2, -0.15) is 10.4 Å². The monoisotopic (exact) mass is 459 g/mol. The molecule has 0 bridgehead atoms. The first-order valence-electron chi connectivity index (χ1n) is 11.0. The molecule has 172 valence electrons. The quantitative estimate of drug-likeness (QED) is 0.598. The Balaban J connectivity index is 1.37. The average molecular weight is 459 g/mol. The molecule has 0 spiro atoms. The third kappa shape index (κ3) is 3.77. The number of amides is 2. The number of fused-ring (bicyclic) bond motifs is 3. The van der Waals surface area contributed by atoms with Crippen molar-refractivity contribution in [1.29, 1.82) is 5.26 Å². The standard InChI is InChI=1S/C25H22FN5O3/c1-34-19-5-2-16(3-6-19)14-30-10-11-31-23(25(30)33)20-15-29(9-8-22(20)28-31)24(32)17-4-7-21(26)18(12-17)13-27/h2-7,12H,8-11,14-15H2,1H3. The number of halogens is 1. The Labute approximate surface area is 195 Å². The molecule has 2 aliphatic heterocycles. The second kappa shape index (κ2) is 8.63. The van der Waals surface area contributed by atoms with Crippen LogP contribution in [-0.2, 0) is 26.1 Å². The molecule has 0 atom stereocenters. The second-order valence-corrected chi connectivity index (χ2v) is 8.35. The number of carbonyl (C=O) groups is 2. The Hall–Kier alpha value is -4.19. The van der Waals surface area contributed by atoms with Crippen LogP contribution in [0.5, 0.6) is 5.75 Å². The lowest BCUT2D eigenvalue weighted by molar-refractivity contribution is 0.0670. The summed E-state index contributed by atoms with van der Waals surface area (Å²) in [5.41, 5.74) is 3.18. The van der Waals surface area contributed by atoms with Crippen molar-refractivity contribution in [3.8, 4) is 11.8 Å². The Bertz CT molecular complexity index is 1330. The number of rotatable bonds is 4. The predicted octanol–water partition coefficient (Wildman–Crippen LogP) is 2.76. The molecule has 8 nitrogen and oxygen atoms in total. The first kappa shape index (κ1) is 21.6. The fourth-order valence-corrected chi connectivity index (χ4v) is 4.50. The van der Waals surface area contributed by atoms with E-state index in [-0.39, 0.29) is 29.5 Å². The first-order valence-corrected chi connectivity index (χ1v) is 11.0. The number of nitrogens with zero attached hydrogens (tertiary/aromatic N) is 5. The molecular weight excluding hydrogens is 437 g/mol. The van der Waals surface area contributed by atoms with Crippen molar-refractivity contribution >= 4 is 11.8 Å². The van der Waals surface area contributed by atoms with Crippen LogP contribution in [0.25, 0.3) is 0 Å². The minimum absolute atomic E-state index is 0.112. The zero-order chi connectivity index (χ0) is 23.8. The van der Waals surface area contributed by atoms with E-state index in [1.807, 2.05) is 24.3 Å². The zero-order valence-corrected chi connectivity index (χ0v) is 18.6. The molecule has 5 rings (SSSR count). The lowest BCUT2D eigenvalue weighted by Crippen LogP contribution is -2.41. The van der Waals surface area contributed by atoms with E-state index in [0.29, 0.717) is 38.3 Å². The number of nitriles is 1. The minimum atomic E-state index is -0.659. The summed E-state index contributed by atoms with van der Waals surface area (Å²) in [6.07, 6.45) is 0.527. The van der Waals surface area contributed by atoms with Gasteiger partial charge in [-0.3, -0.25) is 14.3 Å². The van der Waals surface area contributed by atoms with Gasteiger partial charge in [0.1, 0.15) is 23.3 Å². The molecular formula is C25H22FN5O3. The second-order valence-electron chi connectivity index (χ2n) is 8.35. The van der Waals surface area contributed by atoms with Crippen molar-refractivity contribution in [3.63, 3.8) is 0 Å². The molecule has 1 aromatic heterocycles. The summed E-state index contributed by atoms with van der Waals surface area (Å²) < 4.78 is 20.6. The van der Waals surface area contributed by atoms with Crippen LogP contribution in [0.3, 0.4) is 0 Å². The van der Waals surface area contributed by atoms with Crippen LogP contribution in [0.1, 0.15) is 43.2 Å². The summed E-state index contributed by atoms with van der Waals surface area (Å²) in [4.78, 5) is 29.9. The third-order valence-electron chi connectivity index (χ3n) is 6.33. The molecule has 0 saturated carbocycles. The van der Waals surface area contributed by atoms with Crippen molar-refractivity contribution in [2.45, 2.75) is 26.1 Å². The maximum Gasteiger partial charge on any atom is 0.272 e. The van der Waals surface area contributed by atoms with E-state index in [1.165, 1.54) is 12.1 Å². The van der Waals surface area contributed by atoms with Crippen molar-refractivity contribution in [2.75, 3.05) is 20.2 Å². The summed E-state index contributed by atoms with van der Waals surface area (Å²) >= 11 is 0. The summed E-state index contributed by atoms with van der Waals surface area (Å²) in [7, 11) is 1.61. The van der Waals surface area contributed by atoms with E-state index in [4.69, 9.17) is 10.00 Å². The molecule has 2 aliphatic rings. The highest BCUT2D eigenvalue weighted by Gasteiger charge is 2.35. The lowest BCUT2D eigenvalue weighted by Gasteiger charge is -2.30. The highest BCUT2D eigenvalue weighted by atomic mass is 19.1.